The van der Waals surface area contributed by atoms with Crippen molar-refractivity contribution in [3.05, 3.63) is 56.6 Å². The minimum absolute atomic E-state index is 0.0233. The summed E-state index contributed by atoms with van der Waals surface area (Å²) in [6.07, 6.45) is 0. The zero-order valence-corrected chi connectivity index (χ0v) is 17.1. The number of halogens is 2. The van der Waals surface area contributed by atoms with Crippen LogP contribution in [-0.2, 0) is 13.1 Å². The first kappa shape index (κ1) is 17.6. The third-order valence-corrected chi connectivity index (χ3v) is 6.14. The summed E-state index contributed by atoms with van der Waals surface area (Å²) in [4.78, 5) is 15.9. The number of hydrogen-bond donors (Lipinski definition) is 0. The molecule has 0 fully saturated rings. The van der Waals surface area contributed by atoms with E-state index in [9.17, 15) is 4.79 Å². The lowest BCUT2D eigenvalue weighted by atomic mass is 10.1. The van der Waals surface area contributed by atoms with E-state index in [-0.39, 0.29) is 5.91 Å². The van der Waals surface area contributed by atoms with Gasteiger partial charge in [0.25, 0.3) is 5.91 Å². The highest BCUT2D eigenvalue weighted by atomic mass is 79.9. The van der Waals surface area contributed by atoms with Crippen molar-refractivity contribution in [2.24, 2.45) is 0 Å². The number of carbonyl (C=O) groups is 1. The molecule has 3 aromatic rings. The van der Waals surface area contributed by atoms with Crippen LogP contribution in [0.5, 0.6) is 5.75 Å². The molecule has 0 saturated carbocycles. The van der Waals surface area contributed by atoms with Gasteiger partial charge in [0, 0.05) is 18.0 Å². The van der Waals surface area contributed by atoms with Gasteiger partial charge in [0.15, 0.2) is 0 Å². The Morgan fingerprint density at radius 3 is 2.65 bits per heavy atom. The van der Waals surface area contributed by atoms with E-state index in [0.29, 0.717) is 34.3 Å². The third-order valence-electron chi connectivity index (χ3n) is 4.33. The molecule has 5 nitrogen and oxygen atoms in total. The van der Waals surface area contributed by atoms with Crippen molar-refractivity contribution in [3.8, 4) is 16.2 Å². The molecule has 0 N–H and O–H groups in total. The van der Waals surface area contributed by atoms with Crippen LogP contribution >= 0.6 is 38.9 Å². The van der Waals surface area contributed by atoms with E-state index in [1.54, 1.807) is 11.8 Å². The van der Waals surface area contributed by atoms with Crippen LogP contribution < -0.4 is 4.74 Å². The van der Waals surface area contributed by atoms with Gasteiger partial charge in [-0.3, -0.25) is 9.48 Å². The molecule has 4 rings (SSSR count). The molecule has 8 heteroatoms. The molecule has 0 saturated heterocycles. The first-order valence-electron chi connectivity index (χ1n) is 8.01. The van der Waals surface area contributed by atoms with Gasteiger partial charge in [0.2, 0.25) is 0 Å². The molecule has 1 amide bonds. The Kier molecular flexibility index (Phi) is 4.77. The van der Waals surface area contributed by atoms with Crippen LogP contribution in [0.2, 0.25) is 4.34 Å². The molecule has 0 bridgehead atoms. The van der Waals surface area contributed by atoms with Gasteiger partial charge >= 0.3 is 0 Å². The predicted octanol–water partition coefficient (Wildman–Crippen LogP) is 4.69. The van der Waals surface area contributed by atoms with Gasteiger partial charge in [-0.2, -0.15) is 5.10 Å². The molecule has 0 aliphatic carbocycles. The minimum Gasteiger partial charge on any atom is -0.497 e. The highest BCUT2D eigenvalue weighted by Crippen LogP contribution is 2.39. The van der Waals surface area contributed by atoms with Crippen molar-refractivity contribution in [2.45, 2.75) is 13.1 Å². The summed E-state index contributed by atoms with van der Waals surface area (Å²) in [5.41, 5.74) is 2.48. The SMILES string of the molecule is COc1ccc(CN2CCn3nc(Br)c(-c4ccc(Cl)s4)c3C2=O)cc1. The zero-order valence-electron chi connectivity index (χ0n) is 13.9. The average molecular weight is 453 g/mol. The fourth-order valence-electron chi connectivity index (χ4n) is 3.05. The fourth-order valence-corrected chi connectivity index (χ4v) is 4.86. The number of amides is 1. The van der Waals surface area contributed by atoms with Crippen LogP contribution in [0.1, 0.15) is 16.1 Å². The molecule has 3 heterocycles. The minimum atomic E-state index is -0.0233. The molecular weight excluding hydrogens is 438 g/mol. The predicted molar refractivity (Wildman–Crippen MR) is 106 cm³/mol. The first-order valence-corrected chi connectivity index (χ1v) is 10.00. The van der Waals surface area contributed by atoms with Crippen molar-refractivity contribution in [1.82, 2.24) is 14.7 Å². The van der Waals surface area contributed by atoms with E-state index in [1.165, 1.54) is 11.3 Å². The number of carbonyl (C=O) groups excluding carboxylic acids is 1. The van der Waals surface area contributed by atoms with Crippen LogP contribution in [0.3, 0.4) is 0 Å². The second kappa shape index (κ2) is 7.06. The van der Waals surface area contributed by atoms with Crippen LogP contribution in [0.25, 0.3) is 10.4 Å². The van der Waals surface area contributed by atoms with E-state index < -0.39 is 0 Å². The van der Waals surface area contributed by atoms with Gasteiger partial charge in [-0.25, -0.2) is 0 Å². The Hall–Kier alpha value is -1.83. The van der Waals surface area contributed by atoms with Crippen LogP contribution in [0.4, 0.5) is 0 Å². The number of aromatic nitrogens is 2. The number of methoxy groups -OCH3 is 1. The monoisotopic (exact) mass is 451 g/mol. The first-order chi connectivity index (χ1) is 12.6. The molecule has 0 spiro atoms. The molecule has 1 aliphatic heterocycles. The second-order valence-electron chi connectivity index (χ2n) is 5.92. The summed E-state index contributed by atoms with van der Waals surface area (Å²) in [6, 6.07) is 11.5. The number of benzene rings is 1. The van der Waals surface area contributed by atoms with Gasteiger partial charge in [-0.15, -0.1) is 11.3 Å². The van der Waals surface area contributed by atoms with Gasteiger partial charge < -0.3 is 9.64 Å². The maximum absolute atomic E-state index is 13.1. The maximum atomic E-state index is 13.1. The Bertz CT molecular complexity index is 967. The normalized spacial score (nSPS) is 13.8. The maximum Gasteiger partial charge on any atom is 0.273 e. The smallest absolute Gasteiger partial charge is 0.273 e. The van der Waals surface area contributed by atoms with Gasteiger partial charge in [-0.1, -0.05) is 23.7 Å². The lowest BCUT2D eigenvalue weighted by molar-refractivity contribution is 0.0684. The van der Waals surface area contributed by atoms with Gasteiger partial charge in [0.05, 0.1) is 23.6 Å². The van der Waals surface area contributed by atoms with Crippen molar-refractivity contribution < 1.29 is 9.53 Å². The molecule has 0 atom stereocenters. The highest BCUT2D eigenvalue weighted by molar-refractivity contribution is 9.10. The number of hydrogen-bond acceptors (Lipinski definition) is 4. The van der Waals surface area contributed by atoms with E-state index in [2.05, 4.69) is 21.0 Å². The number of ether oxygens (including phenoxy) is 1. The standard InChI is InChI=1S/C18H15BrClN3O2S/c1-25-12-4-2-11(3-5-12)10-22-8-9-23-16(18(22)24)15(17(19)21-23)13-6-7-14(20)26-13/h2-7H,8-10H2,1H3. The molecule has 26 heavy (non-hydrogen) atoms. The van der Waals surface area contributed by atoms with Crippen LogP contribution in [0, 0.1) is 0 Å². The molecule has 0 radical (unpaired) electrons. The molecule has 1 aliphatic rings. The number of thiophene rings is 1. The summed E-state index contributed by atoms with van der Waals surface area (Å²) in [6.45, 7) is 1.84. The summed E-state index contributed by atoms with van der Waals surface area (Å²) < 4.78 is 8.32. The van der Waals surface area contributed by atoms with Crippen molar-refractivity contribution in [2.75, 3.05) is 13.7 Å². The number of nitrogens with zero attached hydrogens (tertiary/aromatic N) is 3. The average Bonchev–Trinajstić information content (AvgIpc) is 3.20. The second-order valence-corrected chi connectivity index (χ2v) is 8.38. The largest absolute Gasteiger partial charge is 0.497 e. The Morgan fingerprint density at radius 1 is 1.23 bits per heavy atom. The van der Waals surface area contributed by atoms with Crippen LogP contribution in [-0.4, -0.2) is 34.2 Å². The Labute approximate surface area is 168 Å². The summed E-state index contributed by atoms with van der Waals surface area (Å²) in [5.74, 6) is 0.780. The summed E-state index contributed by atoms with van der Waals surface area (Å²) in [7, 11) is 1.64. The molecule has 134 valence electrons. The molecule has 2 aromatic heterocycles. The van der Waals surface area contributed by atoms with E-state index in [1.807, 2.05) is 41.3 Å². The van der Waals surface area contributed by atoms with E-state index in [0.717, 1.165) is 21.8 Å². The summed E-state index contributed by atoms with van der Waals surface area (Å²) in [5, 5.41) is 4.48. The summed E-state index contributed by atoms with van der Waals surface area (Å²) >= 11 is 11.0. The topological polar surface area (TPSA) is 47.4 Å². The van der Waals surface area contributed by atoms with Gasteiger partial charge in [-0.05, 0) is 45.8 Å². The van der Waals surface area contributed by atoms with E-state index in [4.69, 9.17) is 16.3 Å². The zero-order chi connectivity index (χ0) is 18.3. The number of rotatable bonds is 4. The van der Waals surface area contributed by atoms with Crippen molar-refractivity contribution >= 4 is 44.8 Å². The quantitative estimate of drug-likeness (QED) is 0.577. The lowest BCUT2D eigenvalue weighted by Gasteiger charge is -2.28. The molecular formula is C18H15BrClN3O2S. The molecule has 1 aromatic carbocycles. The number of fused-ring (bicyclic) bond motifs is 1. The molecule has 0 unspecified atom stereocenters. The highest BCUT2D eigenvalue weighted by Gasteiger charge is 2.31. The van der Waals surface area contributed by atoms with Crippen molar-refractivity contribution in [1.29, 1.82) is 0 Å². The van der Waals surface area contributed by atoms with E-state index >= 15 is 0 Å². The van der Waals surface area contributed by atoms with Crippen LogP contribution in [0.15, 0.2) is 41.0 Å². The van der Waals surface area contributed by atoms with Crippen molar-refractivity contribution in [3.63, 3.8) is 0 Å². The Morgan fingerprint density at radius 2 is 2.00 bits per heavy atom. The third kappa shape index (κ3) is 3.15. The van der Waals surface area contributed by atoms with Gasteiger partial charge in [0.1, 0.15) is 16.0 Å². The Balaban J connectivity index is 1.65. The fraction of sp³-hybridized carbons (Fsp3) is 0.222. The lowest BCUT2D eigenvalue weighted by Crippen LogP contribution is -2.40.